The first-order valence-corrected chi connectivity index (χ1v) is 11.4. The highest BCUT2D eigenvalue weighted by Gasteiger charge is 2.22. The number of furan rings is 1. The van der Waals surface area contributed by atoms with Crippen molar-refractivity contribution in [2.45, 2.75) is 5.75 Å². The van der Waals surface area contributed by atoms with Crippen LogP contribution in [0.5, 0.6) is 11.5 Å². The van der Waals surface area contributed by atoms with Gasteiger partial charge in [-0.1, -0.05) is 0 Å². The predicted molar refractivity (Wildman–Crippen MR) is 110 cm³/mol. The second-order valence-corrected chi connectivity index (χ2v) is 8.80. The monoisotopic (exact) mass is 428 g/mol. The third-order valence-corrected chi connectivity index (χ3v) is 5.86. The van der Waals surface area contributed by atoms with Gasteiger partial charge in [-0.2, -0.15) is 11.8 Å². The van der Waals surface area contributed by atoms with E-state index in [2.05, 4.69) is 5.32 Å². The Bertz CT molecular complexity index is 868. The summed E-state index contributed by atoms with van der Waals surface area (Å²) in [6, 6.07) is 8.39. The lowest BCUT2D eigenvalue weighted by molar-refractivity contribution is -0.119. The Balaban J connectivity index is 1.93. The number of thioether (sulfide) groups is 1. The summed E-state index contributed by atoms with van der Waals surface area (Å²) >= 11 is 1.61. The minimum absolute atomic E-state index is 0.322. The zero-order valence-electron chi connectivity index (χ0n) is 16.0. The Morgan fingerprint density at radius 2 is 1.96 bits per heavy atom. The van der Waals surface area contributed by atoms with Crippen LogP contribution in [0.1, 0.15) is 5.76 Å². The van der Waals surface area contributed by atoms with Crippen LogP contribution in [0.2, 0.25) is 0 Å². The van der Waals surface area contributed by atoms with Crippen molar-refractivity contribution in [2.75, 3.05) is 43.6 Å². The summed E-state index contributed by atoms with van der Waals surface area (Å²) in [5, 5.41) is 2.73. The third-order valence-electron chi connectivity index (χ3n) is 3.74. The molecule has 0 aliphatic carbocycles. The first kappa shape index (κ1) is 22.0. The topological polar surface area (TPSA) is 98.1 Å². The van der Waals surface area contributed by atoms with E-state index >= 15 is 0 Å². The standard InChI is InChI=1S/C18H24N2O6S2/c1-24-16-7-6-14(11-17(16)25-2)20(28(3,22)23)12-18(21)19-8-10-27-13-15-5-4-9-26-15/h4-7,9,11H,8,10,12-13H2,1-3H3,(H,19,21). The molecule has 0 fully saturated rings. The molecule has 0 saturated carbocycles. The molecule has 0 aliphatic rings. The lowest BCUT2D eigenvalue weighted by Crippen LogP contribution is -2.41. The fourth-order valence-corrected chi connectivity index (χ4v) is 4.00. The van der Waals surface area contributed by atoms with Crippen LogP contribution in [0.25, 0.3) is 0 Å². The molecule has 154 valence electrons. The molecule has 0 radical (unpaired) electrons. The molecule has 2 rings (SSSR count). The van der Waals surface area contributed by atoms with Gasteiger partial charge in [-0.3, -0.25) is 9.10 Å². The number of carbonyl (C=O) groups is 1. The molecule has 2 aromatic rings. The highest BCUT2D eigenvalue weighted by atomic mass is 32.2. The molecule has 1 amide bonds. The number of amides is 1. The minimum Gasteiger partial charge on any atom is -0.493 e. The van der Waals surface area contributed by atoms with Gasteiger partial charge in [-0.25, -0.2) is 8.42 Å². The summed E-state index contributed by atoms with van der Waals surface area (Å²) in [4.78, 5) is 12.2. The molecule has 1 N–H and O–H groups in total. The van der Waals surface area contributed by atoms with Gasteiger partial charge < -0.3 is 19.2 Å². The van der Waals surface area contributed by atoms with Crippen LogP contribution in [0.3, 0.4) is 0 Å². The van der Waals surface area contributed by atoms with E-state index in [0.29, 0.717) is 35.2 Å². The van der Waals surface area contributed by atoms with E-state index in [9.17, 15) is 13.2 Å². The molecule has 0 bridgehead atoms. The van der Waals surface area contributed by atoms with Crippen molar-refractivity contribution in [1.29, 1.82) is 0 Å². The fourth-order valence-electron chi connectivity index (χ4n) is 2.40. The van der Waals surface area contributed by atoms with Gasteiger partial charge in [0, 0.05) is 18.4 Å². The second kappa shape index (κ2) is 10.3. The third kappa shape index (κ3) is 6.38. The molecule has 28 heavy (non-hydrogen) atoms. The molecule has 0 atom stereocenters. The number of methoxy groups -OCH3 is 2. The highest BCUT2D eigenvalue weighted by molar-refractivity contribution is 7.98. The predicted octanol–water partition coefficient (Wildman–Crippen LogP) is 2.11. The summed E-state index contributed by atoms with van der Waals surface area (Å²) in [6.45, 7) is 0.102. The van der Waals surface area contributed by atoms with Gasteiger partial charge in [0.2, 0.25) is 15.9 Å². The van der Waals surface area contributed by atoms with Gasteiger partial charge in [0.05, 0.1) is 38.2 Å². The number of hydrogen-bond donors (Lipinski definition) is 1. The average molecular weight is 429 g/mol. The number of nitrogens with one attached hydrogen (secondary N) is 1. The summed E-state index contributed by atoms with van der Waals surface area (Å²) in [5.41, 5.74) is 0.322. The van der Waals surface area contributed by atoms with E-state index in [1.54, 1.807) is 30.2 Å². The molecular formula is C18H24N2O6S2. The Morgan fingerprint density at radius 1 is 1.21 bits per heavy atom. The number of carbonyl (C=O) groups excluding carboxylic acids is 1. The first-order chi connectivity index (χ1) is 13.3. The molecule has 8 nitrogen and oxygen atoms in total. The summed E-state index contributed by atoms with van der Waals surface area (Å²) in [7, 11) is -0.717. The lowest BCUT2D eigenvalue weighted by atomic mass is 10.2. The first-order valence-electron chi connectivity index (χ1n) is 8.41. The van der Waals surface area contributed by atoms with E-state index in [-0.39, 0.29) is 12.5 Å². The molecule has 10 heteroatoms. The molecular weight excluding hydrogens is 404 g/mol. The van der Waals surface area contributed by atoms with Gasteiger partial charge in [-0.05, 0) is 24.3 Å². The molecule has 1 aromatic carbocycles. The van der Waals surface area contributed by atoms with E-state index in [0.717, 1.165) is 16.3 Å². The summed E-state index contributed by atoms with van der Waals surface area (Å²) < 4.78 is 41.0. The van der Waals surface area contributed by atoms with Crippen molar-refractivity contribution in [3.8, 4) is 11.5 Å². The Hall–Kier alpha value is -2.33. The number of nitrogens with zero attached hydrogens (tertiary/aromatic N) is 1. The van der Waals surface area contributed by atoms with Gasteiger partial charge in [0.15, 0.2) is 11.5 Å². The van der Waals surface area contributed by atoms with Crippen LogP contribution in [0, 0.1) is 0 Å². The normalized spacial score (nSPS) is 11.1. The maximum atomic E-state index is 12.2. The minimum atomic E-state index is -3.66. The van der Waals surface area contributed by atoms with E-state index < -0.39 is 10.0 Å². The quantitative estimate of drug-likeness (QED) is 0.547. The maximum Gasteiger partial charge on any atom is 0.240 e. The molecule has 1 heterocycles. The average Bonchev–Trinajstić information content (AvgIpc) is 3.18. The maximum absolute atomic E-state index is 12.2. The van der Waals surface area contributed by atoms with Crippen molar-refractivity contribution >= 4 is 33.4 Å². The Morgan fingerprint density at radius 3 is 2.57 bits per heavy atom. The number of sulfonamides is 1. The van der Waals surface area contributed by atoms with Crippen LogP contribution in [0.4, 0.5) is 5.69 Å². The zero-order chi connectivity index (χ0) is 20.6. The smallest absolute Gasteiger partial charge is 0.240 e. The van der Waals surface area contributed by atoms with Crippen LogP contribution in [-0.4, -0.2) is 53.6 Å². The van der Waals surface area contributed by atoms with Gasteiger partial charge in [-0.15, -0.1) is 0 Å². The van der Waals surface area contributed by atoms with Gasteiger partial charge in [0.25, 0.3) is 0 Å². The van der Waals surface area contributed by atoms with E-state index in [4.69, 9.17) is 13.9 Å². The van der Waals surface area contributed by atoms with Crippen LogP contribution in [-0.2, 0) is 20.6 Å². The highest BCUT2D eigenvalue weighted by Crippen LogP contribution is 2.32. The van der Waals surface area contributed by atoms with Crippen molar-refractivity contribution in [3.63, 3.8) is 0 Å². The number of hydrogen-bond acceptors (Lipinski definition) is 7. The number of ether oxygens (including phenoxy) is 2. The van der Waals surface area contributed by atoms with Crippen molar-refractivity contribution in [2.24, 2.45) is 0 Å². The number of rotatable bonds is 11. The fraction of sp³-hybridized carbons (Fsp3) is 0.389. The molecule has 0 unspecified atom stereocenters. The largest absolute Gasteiger partial charge is 0.493 e. The lowest BCUT2D eigenvalue weighted by Gasteiger charge is -2.23. The van der Waals surface area contributed by atoms with Crippen molar-refractivity contribution < 1.29 is 27.1 Å². The van der Waals surface area contributed by atoms with Crippen molar-refractivity contribution in [1.82, 2.24) is 5.32 Å². The van der Waals surface area contributed by atoms with Crippen LogP contribution >= 0.6 is 11.8 Å². The Labute approximate surface area is 169 Å². The zero-order valence-corrected chi connectivity index (χ0v) is 17.6. The van der Waals surface area contributed by atoms with E-state index in [1.165, 1.54) is 20.3 Å². The van der Waals surface area contributed by atoms with Crippen LogP contribution < -0.4 is 19.1 Å². The molecule has 0 saturated heterocycles. The molecule has 0 spiro atoms. The van der Waals surface area contributed by atoms with E-state index in [1.807, 2.05) is 12.1 Å². The summed E-state index contributed by atoms with van der Waals surface area (Å²) in [5.74, 6) is 2.72. The SMILES string of the molecule is COc1ccc(N(CC(=O)NCCSCc2ccco2)S(C)(=O)=O)cc1OC. The second-order valence-electron chi connectivity index (χ2n) is 5.79. The van der Waals surface area contributed by atoms with Gasteiger partial charge >= 0.3 is 0 Å². The Kier molecular flexibility index (Phi) is 8.06. The summed E-state index contributed by atoms with van der Waals surface area (Å²) in [6.07, 6.45) is 2.67. The number of benzene rings is 1. The molecule has 0 aliphatic heterocycles. The number of anilines is 1. The van der Waals surface area contributed by atoms with Crippen molar-refractivity contribution in [3.05, 3.63) is 42.4 Å². The molecule has 1 aromatic heterocycles. The van der Waals surface area contributed by atoms with Crippen LogP contribution in [0.15, 0.2) is 41.0 Å². The van der Waals surface area contributed by atoms with Gasteiger partial charge in [0.1, 0.15) is 12.3 Å².